The quantitative estimate of drug-likeness (QED) is 0.794. The highest BCUT2D eigenvalue weighted by molar-refractivity contribution is 7.91. The van der Waals surface area contributed by atoms with Gasteiger partial charge in [-0.2, -0.15) is 0 Å². The molecule has 4 rings (SSSR count). The number of nitrogens with zero attached hydrogens (tertiary/aromatic N) is 3. The summed E-state index contributed by atoms with van der Waals surface area (Å²) in [5.41, 5.74) is 0.616. The minimum Gasteiger partial charge on any atom is -0.334 e. The Hall–Kier alpha value is -2.03. The minimum absolute atomic E-state index is 0.000242. The smallest absolute Gasteiger partial charge is 0.243 e. The summed E-state index contributed by atoms with van der Waals surface area (Å²) in [7, 11) is -3.11. The first-order chi connectivity index (χ1) is 12.8. The van der Waals surface area contributed by atoms with E-state index in [1.165, 1.54) is 10.9 Å². The Morgan fingerprint density at radius 3 is 2.52 bits per heavy atom. The number of sulfone groups is 1. The van der Waals surface area contributed by atoms with Crippen LogP contribution in [0.25, 0.3) is 11.0 Å². The zero-order chi connectivity index (χ0) is 19.2. The van der Waals surface area contributed by atoms with Crippen LogP contribution in [0, 0.1) is 11.6 Å². The highest BCUT2D eigenvalue weighted by Gasteiger charge is 2.39. The molecule has 1 aliphatic carbocycles. The Kier molecular flexibility index (Phi) is 4.65. The Bertz CT molecular complexity index is 983. The largest absolute Gasteiger partial charge is 0.334 e. The van der Waals surface area contributed by atoms with E-state index < -0.39 is 21.5 Å². The molecule has 9 heteroatoms. The molecule has 6 nitrogen and oxygen atoms in total. The molecular formula is C18H21F2N3O3S. The van der Waals surface area contributed by atoms with Crippen molar-refractivity contribution in [1.29, 1.82) is 0 Å². The lowest BCUT2D eigenvalue weighted by atomic mass is 10.1. The van der Waals surface area contributed by atoms with Crippen LogP contribution in [0.2, 0.25) is 0 Å². The predicted octanol–water partition coefficient (Wildman–Crippen LogP) is 2.27. The summed E-state index contributed by atoms with van der Waals surface area (Å²) >= 11 is 0. The van der Waals surface area contributed by atoms with Crippen molar-refractivity contribution in [2.75, 3.05) is 11.5 Å². The van der Waals surface area contributed by atoms with Crippen molar-refractivity contribution >= 4 is 26.8 Å². The lowest BCUT2D eigenvalue weighted by Gasteiger charge is -2.34. The molecule has 1 aliphatic heterocycles. The molecule has 1 saturated carbocycles. The molecule has 1 atom stereocenters. The van der Waals surface area contributed by atoms with Gasteiger partial charge >= 0.3 is 0 Å². The van der Waals surface area contributed by atoms with Crippen LogP contribution in [-0.2, 0) is 21.2 Å². The minimum atomic E-state index is -3.11. The number of hydrogen-bond donors (Lipinski definition) is 0. The Morgan fingerprint density at radius 1 is 1.15 bits per heavy atom. The van der Waals surface area contributed by atoms with E-state index in [2.05, 4.69) is 4.98 Å². The molecule has 1 saturated heterocycles. The molecule has 146 valence electrons. The molecule has 2 aromatic rings. The molecule has 0 N–H and O–H groups in total. The van der Waals surface area contributed by atoms with Gasteiger partial charge in [0.1, 0.15) is 6.54 Å². The second-order valence-corrected chi connectivity index (χ2v) is 9.65. The van der Waals surface area contributed by atoms with E-state index in [9.17, 15) is 22.0 Å². The Labute approximate surface area is 156 Å². The summed E-state index contributed by atoms with van der Waals surface area (Å²) in [5, 5.41) is 0. The van der Waals surface area contributed by atoms with Crippen molar-refractivity contribution in [2.24, 2.45) is 0 Å². The number of carbonyl (C=O) groups is 1. The SMILES string of the molecule is O=C(Cn1cnc2cc(F)c(F)cc21)N(C1CCCC1)C1CCS(=O)(=O)C1. The van der Waals surface area contributed by atoms with Gasteiger partial charge in [-0.15, -0.1) is 0 Å². The standard InChI is InChI=1S/C18H21F2N3O3S/c19-14-7-16-17(8-15(14)20)22(11-21-16)9-18(24)23(12-3-1-2-4-12)13-5-6-27(25,26)10-13/h7-8,11-13H,1-6,9-10H2. The molecule has 27 heavy (non-hydrogen) atoms. The van der Waals surface area contributed by atoms with E-state index in [1.54, 1.807) is 4.90 Å². The summed E-state index contributed by atoms with van der Waals surface area (Å²) < 4.78 is 52.3. The van der Waals surface area contributed by atoms with E-state index in [4.69, 9.17) is 0 Å². The maximum atomic E-state index is 13.6. The fraction of sp³-hybridized carbons (Fsp3) is 0.556. The third kappa shape index (κ3) is 3.56. The Balaban J connectivity index is 1.61. The molecule has 1 unspecified atom stereocenters. The highest BCUT2D eigenvalue weighted by atomic mass is 32.2. The molecule has 2 heterocycles. The van der Waals surface area contributed by atoms with Crippen molar-refractivity contribution < 1.29 is 22.0 Å². The molecule has 0 radical (unpaired) electrons. The summed E-state index contributed by atoms with van der Waals surface area (Å²) in [6.45, 7) is -0.0748. The summed E-state index contributed by atoms with van der Waals surface area (Å²) in [6.07, 6.45) is 5.62. The fourth-order valence-corrected chi connectivity index (χ4v) is 6.00. The molecule has 2 aliphatic rings. The molecule has 1 amide bonds. The van der Waals surface area contributed by atoms with Gasteiger partial charge < -0.3 is 9.47 Å². The van der Waals surface area contributed by atoms with Gasteiger partial charge in [0.2, 0.25) is 5.91 Å². The van der Waals surface area contributed by atoms with E-state index >= 15 is 0 Å². The van der Waals surface area contributed by atoms with Crippen molar-refractivity contribution in [3.63, 3.8) is 0 Å². The molecule has 0 bridgehead atoms. The lowest BCUT2D eigenvalue weighted by Crippen LogP contribution is -2.48. The topological polar surface area (TPSA) is 72.3 Å². The number of hydrogen-bond acceptors (Lipinski definition) is 4. The number of fused-ring (bicyclic) bond motifs is 1. The average molecular weight is 397 g/mol. The van der Waals surface area contributed by atoms with Gasteiger partial charge in [-0.3, -0.25) is 4.79 Å². The van der Waals surface area contributed by atoms with Gasteiger partial charge in [-0.1, -0.05) is 12.8 Å². The summed E-state index contributed by atoms with van der Waals surface area (Å²) in [5.74, 6) is -2.08. The maximum Gasteiger partial charge on any atom is 0.243 e. The fourth-order valence-electron chi connectivity index (χ4n) is 4.29. The first-order valence-corrected chi connectivity index (χ1v) is 11.0. The van der Waals surface area contributed by atoms with Crippen molar-refractivity contribution in [3.8, 4) is 0 Å². The van der Waals surface area contributed by atoms with Crippen LogP contribution < -0.4 is 0 Å². The predicted molar refractivity (Wildman–Crippen MR) is 95.8 cm³/mol. The van der Waals surface area contributed by atoms with Gasteiger partial charge in [-0.05, 0) is 19.3 Å². The number of rotatable bonds is 4. The third-order valence-corrected chi connectivity index (χ3v) is 7.33. The Morgan fingerprint density at radius 2 is 1.85 bits per heavy atom. The maximum absolute atomic E-state index is 13.6. The molecule has 1 aromatic heterocycles. The first kappa shape index (κ1) is 18.3. The first-order valence-electron chi connectivity index (χ1n) is 9.15. The summed E-state index contributed by atoms with van der Waals surface area (Å²) in [6, 6.07) is 1.77. The number of amides is 1. The zero-order valence-electron chi connectivity index (χ0n) is 14.8. The molecular weight excluding hydrogens is 376 g/mol. The van der Waals surface area contributed by atoms with E-state index in [0.717, 1.165) is 37.8 Å². The van der Waals surface area contributed by atoms with Crippen LogP contribution in [0.1, 0.15) is 32.1 Å². The van der Waals surface area contributed by atoms with Crippen molar-refractivity contribution in [2.45, 2.75) is 50.7 Å². The number of carbonyl (C=O) groups excluding carboxylic acids is 1. The van der Waals surface area contributed by atoms with Crippen LogP contribution in [0.3, 0.4) is 0 Å². The molecule has 1 aromatic carbocycles. The summed E-state index contributed by atoms with van der Waals surface area (Å²) in [4.78, 5) is 18.9. The van der Waals surface area contributed by atoms with Gasteiger partial charge in [0.25, 0.3) is 0 Å². The third-order valence-electron chi connectivity index (χ3n) is 5.58. The van der Waals surface area contributed by atoms with Gasteiger partial charge in [0.15, 0.2) is 21.5 Å². The number of benzene rings is 1. The van der Waals surface area contributed by atoms with E-state index in [1.807, 2.05) is 0 Å². The van der Waals surface area contributed by atoms with Crippen LogP contribution in [0.5, 0.6) is 0 Å². The number of aromatic nitrogens is 2. The van der Waals surface area contributed by atoms with E-state index in [0.29, 0.717) is 11.9 Å². The van der Waals surface area contributed by atoms with Crippen LogP contribution in [-0.4, -0.2) is 52.4 Å². The van der Waals surface area contributed by atoms with Crippen LogP contribution >= 0.6 is 0 Å². The van der Waals surface area contributed by atoms with Crippen molar-refractivity contribution in [1.82, 2.24) is 14.5 Å². The van der Waals surface area contributed by atoms with Crippen molar-refractivity contribution in [3.05, 3.63) is 30.1 Å². The second-order valence-electron chi connectivity index (χ2n) is 7.42. The normalized spacial score (nSPS) is 22.5. The highest BCUT2D eigenvalue weighted by Crippen LogP contribution is 2.29. The molecule has 2 fully saturated rings. The lowest BCUT2D eigenvalue weighted by molar-refractivity contribution is -0.136. The molecule has 0 spiro atoms. The average Bonchev–Trinajstić information content (AvgIpc) is 3.32. The number of imidazole rings is 1. The van der Waals surface area contributed by atoms with E-state index in [-0.39, 0.29) is 41.6 Å². The number of halogens is 2. The monoisotopic (exact) mass is 397 g/mol. The van der Waals surface area contributed by atoms with Gasteiger partial charge in [0, 0.05) is 24.2 Å². The van der Waals surface area contributed by atoms with Crippen LogP contribution in [0.4, 0.5) is 8.78 Å². The van der Waals surface area contributed by atoms with Gasteiger partial charge in [-0.25, -0.2) is 22.2 Å². The van der Waals surface area contributed by atoms with Crippen LogP contribution in [0.15, 0.2) is 18.5 Å². The van der Waals surface area contributed by atoms with Gasteiger partial charge in [0.05, 0.1) is 28.9 Å². The second kappa shape index (κ2) is 6.85. The zero-order valence-corrected chi connectivity index (χ0v) is 15.6.